The number of carbonyl (C=O) groups is 3. The number of aromatic nitrogens is 2. The van der Waals surface area contributed by atoms with E-state index in [4.69, 9.17) is 9.72 Å². The Morgan fingerprint density at radius 2 is 1.58 bits per heavy atom. The third-order valence-electron chi connectivity index (χ3n) is 6.16. The van der Waals surface area contributed by atoms with E-state index in [1.54, 1.807) is 17.0 Å². The van der Waals surface area contributed by atoms with E-state index >= 15 is 0 Å². The number of amides is 2. The molecule has 0 aliphatic rings. The Labute approximate surface area is 222 Å². The van der Waals surface area contributed by atoms with Gasteiger partial charge in [-0.15, -0.1) is 0 Å². The number of para-hydroxylation sites is 2. The highest BCUT2D eigenvalue weighted by Crippen LogP contribution is 2.19. The second-order valence-corrected chi connectivity index (χ2v) is 9.04. The summed E-state index contributed by atoms with van der Waals surface area (Å²) in [6.07, 6.45) is 0.927. The Morgan fingerprint density at radius 1 is 0.895 bits per heavy atom. The van der Waals surface area contributed by atoms with Gasteiger partial charge >= 0.3 is 6.09 Å². The summed E-state index contributed by atoms with van der Waals surface area (Å²) in [5, 5.41) is 2.78. The van der Waals surface area contributed by atoms with Crippen LogP contribution in [0.4, 0.5) is 4.79 Å². The highest BCUT2D eigenvalue weighted by atomic mass is 16.6. The van der Waals surface area contributed by atoms with E-state index in [2.05, 4.69) is 5.32 Å². The van der Waals surface area contributed by atoms with Gasteiger partial charge in [0.25, 0.3) is 0 Å². The van der Waals surface area contributed by atoms with E-state index in [0.717, 1.165) is 16.6 Å². The van der Waals surface area contributed by atoms with Crippen LogP contribution >= 0.6 is 0 Å². The standard InChI is InChI=1S/C30H32N4O4/c1-23(35)31-18-10-11-19-33(30(37)38-22-24-12-4-2-5-13-24)21-29-32-26-16-8-9-17-27(26)34(29)20-28(36)25-14-6-3-7-15-25/h2-9,12-17H,10-11,18-22H2,1H3,(H,31,35). The van der Waals surface area contributed by atoms with Crippen LogP contribution in [-0.4, -0.2) is 45.3 Å². The van der Waals surface area contributed by atoms with Gasteiger partial charge in [0, 0.05) is 25.6 Å². The zero-order chi connectivity index (χ0) is 26.7. The topological polar surface area (TPSA) is 93.5 Å². The van der Waals surface area contributed by atoms with Crippen molar-refractivity contribution in [2.75, 3.05) is 13.1 Å². The minimum atomic E-state index is -0.457. The van der Waals surface area contributed by atoms with Crippen molar-refractivity contribution < 1.29 is 19.1 Å². The molecule has 0 unspecified atom stereocenters. The number of rotatable bonds is 12. The van der Waals surface area contributed by atoms with Crippen molar-refractivity contribution in [1.29, 1.82) is 0 Å². The molecule has 0 spiro atoms. The predicted octanol–water partition coefficient (Wildman–Crippen LogP) is 4.97. The quantitative estimate of drug-likeness (QED) is 0.214. The van der Waals surface area contributed by atoms with Gasteiger partial charge in [0.1, 0.15) is 12.4 Å². The van der Waals surface area contributed by atoms with Crippen LogP contribution in [0.15, 0.2) is 84.9 Å². The van der Waals surface area contributed by atoms with Gasteiger partial charge in [0.05, 0.1) is 24.1 Å². The molecular weight excluding hydrogens is 480 g/mol. The van der Waals surface area contributed by atoms with Crippen LogP contribution in [0.25, 0.3) is 11.0 Å². The first-order valence-electron chi connectivity index (χ1n) is 12.7. The van der Waals surface area contributed by atoms with Gasteiger partial charge in [-0.3, -0.25) is 9.59 Å². The molecule has 0 aliphatic carbocycles. The molecule has 8 heteroatoms. The molecule has 0 radical (unpaired) electrons. The molecule has 1 aromatic heterocycles. The molecule has 196 valence electrons. The molecule has 4 rings (SSSR count). The Balaban J connectivity index is 1.54. The number of nitrogens with zero attached hydrogens (tertiary/aromatic N) is 3. The molecule has 0 saturated carbocycles. The Bertz CT molecular complexity index is 1370. The fourth-order valence-corrected chi connectivity index (χ4v) is 4.19. The molecule has 4 aromatic rings. The molecule has 1 heterocycles. The Morgan fingerprint density at radius 3 is 2.32 bits per heavy atom. The van der Waals surface area contributed by atoms with Gasteiger partial charge in [0.15, 0.2) is 5.78 Å². The van der Waals surface area contributed by atoms with Crippen LogP contribution in [0.2, 0.25) is 0 Å². The van der Waals surface area contributed by atoms with E-state index < -0.39 is 6.09 Å². The molecular formula is C30H32N4O4. The van der Waals surface area contributed by atoms with Crippen molar-refractivity contribution in [2.45, 2.75) is 39.5 Å². The zero-order valence-electron chi connectivity index (χ0n) is 21.5. The number of ether oxygens (including phenoxy) is 1. The summed E-state index contributed by atoms with van der Waals surface area (Å²) in [4.78, 5) is 43.9. The van der Waals surface area contributed by atoms with Crippen molar-refractivity contribution >= 4 is 28.8 Å². The van der Waals surface area contributed by atoms with E-state index in [1.807, 2.05) is 77.4 Å². The molecule has 0 atom stereocenters. The van der Waals surface area contributed by atoms with Crippen LogP contribution in [0, 0.1) is 0 Å². The summed E-state index contributed by atoms with van der Waals surface area (Å²) in [6, 6.07) is 26.3. The van der Waals surface area contributed by atoms with Gasteiger partial charge in [-0.1, -0.05) is 72.8 Å². The number of ketones is 1. The molecule has 8 nitrogen and oxygen atoms in total. The van der Waals surface area contributed by atoms with Gasteiger partial charge in [-0.25, -0.2) is 9.78 Å². The summed E-state index contributed by atoms with van der Waals surface area (Å²) in [5.41, 5.74) is 3.10. The summed E-state index contributed by atoms with van der Waals surface area (Å²) in [6.45, 7) is 2.88. The Hall–Kier alpha value is -4.46. The third-order valence-corrected chi connectivity index (χ3v) is 6.16. The first-order valence-corrected chi connectivity index (χ1v) is 12.7. The summed E-state index contributed by atoms with van der Waals surface area (Å²) in [7, 11) is 0. The monoisotopic (exact) mass is 512 g/mol. The minimum absolute atomic E-state index is 0.0384. The number of hydrogen-bond donors (Lipinski definition) is 1. The first kappa shape index (κ1) is 26.6. The predicted molar refractivity (Wildman–Crippen MR) is 145 cm³/mol. The van der Waals surface area contributed by atoms with Gasteiger partial charge in [0.2, 0.25) is 5.91 Å². The number of fused-ring (bicyclic) bond motifs is 1. The normalized spacial score (nSPS) is 10.8. The lowest BCUT2D eigenvalue weighted by Crippen LogP contribution is -2.34. The van der Waals surface area contributed by atoms with Crippen molar-refractivity contribution in [2.24, 2.45) is 0 Å². The maximum atomic E-state index is 13.2. The highest BCUT2D eigenvalue weighted by molar-refractivity contribution is 5.96. The molecule has 0 bridgehead atoms. The lowest BCUT2D eigenvalue weighted by atomic mass is 10.1. The molecule has 0 fully saturated rings. The van der Waals surface area contributed by atoms with E-state index in [1.165, 1.54) is 6.92 Å². The average Bonchev–Trinajstić information content (AvgIpc) is 3.28. The third kappa shape index (κ3) is 7.29. The maximum Gasteiger partial charge on any atom is 0.410 e. The molecule has 38 heavy (non-hydrogen) atoms. The summed E-state index contributed by atoms with van der Waals surface area (Å²) >= 11 is 0. The summed E-state index contributed by atoms with van der Waals surface area (Å²) < 4.78 is 7.51. The maximum absolute atomic E-state index is 13.2. The largest absolute Gasteiger partial charge is 0.445 e. The molecule has 1 N–H and O–H groups in total. The number of hydrogen-bond acceptors (Lipinski definition) is 5. The number of nitrogens with one attached hydrogen (secondary N) is 1. The van der Waals surface area contributed by atoms with Crippen LogP contribution in [0.3, 0.4) is 0 Å². The Kier molecular flexibility index (Phi) is 9.23. The second kappa shape index (κ2) is 13.2. The first-order chi connectivity index (χ1) is 18.5. The molecule has 0 aliphatic heterocycles. The van der Waals surface area contributed by atoms with Gasteiger partial charge < -0.3 is 19.5 Å². The van der Waals surface area contributed by atoms with Crippen LogP contribution in [0.1, 0.15) is 41.5 Å². The number of unbranched alkanes of at least 4 members (excludes halogenated alkanes) is 1. The fourth-order valence-electron chi connectivity index (χ4n) is 4.19. The average molecular weight is 513 g/mol. The van der Waals surface area contributed by atoms with Crippen molar-refractivity contribution in [3.8, 4) is 0 Å². The SMILES string of the molecule is CC(=O)NCCCCN(Cc1nc2ccccc2n1CC(=O)c1ccccc1)C(=O)OCc1ccccc1. The number of carbonyl (C=O) groups excluding carboxylic acids is 3. The summed E-state index contributed by atoms with van der Waals surface area (Å²) in [5.74, 6) is 0.485. The highest BCUT2D eigenvalue weighted by Gasteiger charge is 2.21. The van der Waals surface area contributed by atoms with Crippen molar-refractivity contribution in [1.82, 2.24) is 19.8 Å². The smallest absolute Gasteiger partial charge is 0.410 e. The van der Waals surface area contributed by atoms with Crippen molar-refractivity contribution in [3.63, 3.8) is 0 Å². The number of benzene rings is 3. The molecule has 0 saturated heterocycles. The van der Waals surface area contributed by atoms with Gasteiger partial charge in [-0.05, 0) is 30.5 Å². The van der Waals surface area contributed by atoms with E-state index in [0.29, 0.717) is 37.3 Å². The second-order valence-electron chi connectivity index (χ2n) is 9.04. The molecule has 2 amide bonds. The lowest BCUT2D eigenvalue weighted by molar-refractivity contribution is -0.118. The van der Waals surface area contributed by atoms with E-state index in [9.17, 15) is 14.4 Å². The van der Waals surface area contributed by atoms with Crippen LogP contribution in [0.5, 0.6) is 0 Å². The van der Waals surface area contributed by atoms with Crippen molar-refractivity contribution in [3.05, 3.63) is 102 Å². The van der Waals surface area contributed by atoms with Crippen LogP contribution in [-0.2, 0) is 29.2 Å². The fraction of sp³-hybridized carbons (Fsp3) is 0.267. The number of imidazole rings is 1. The van der Waals surface area contributed by atoms with Crippen LogP contribution < -0.4 is 5.32 Å². The van der Waals surface area contributed by atoms with E-state index in [-0.39, 0.29) is 31.4 Å². The minimum Gasteiger partial charge on any atom is -0.445 e. The van der Waals surface area contributed by atoms with Gasteiger partial charge in [-0.2, -0.15) is 0 Å². The number of Topliss-reactive ketones (excluding diaryl/α,β-unsaturated/α-hetero) is 1. The molecule has 3 aromatic carbocycles. The lowest BCUT2D eigenvalue weighted by Gasteiger charge is -2.22. The zero-order valence-corrected chi connectivity index (χ0v) is 21.5.